The zero-order valence-electron chi connectivity index (χ0n) is 16.4. The number of rotatable bonds is 7. The van der Waals surface area contributed by atoms with Gasteiger partial charge in [0.2, 0.25) is 0 Å². The van der Waals surface area contributed by atoms with Gasteiger partial charge in [0, 0.05) is 49.0 Å². The number of ether oxygens (including phenoxy) is 1. The molecule has 9 heteroatoms. The first-order chi connectivity index (χ1) is 14.2. The predicted octanol–water partition coefficient (Wildman–Crippen LogP) is 4.72. The Hall–Kier alpha value is -3.07. The molecule has 160 valence electrons. The topological polar surface area (TPSA) is 53.6 Å². The third-order valence-electron chi connectivity index (χ3n) is 4.74. The Kier molecular flexibility index (Phi) is 6.31. The van der Waals surface area contributed by atoms with E-state index in [1.165, 1.54) is 43.6 Å². The van der Waals surface area contributed by atoms with Crippen molar-refractivity contribution in [2.75, 3.05) is 42.3 Å². The van der Waals surface area contributed by atoms with Crippen molar-refractivity contribution in [2.24, 2.45) is 0 Å². The molecule has 1 aliphatic rings. The van der Waals surface area contributed by atoms with Crippen LogP contribution in [0.5, 0.6) is 0 Å². The van der Waals surface area contributed by atoms with Crippen LogP contribution in [0.4, 0.5) is 34.6 Å². The number of fused-ring (bicyclic) bond motifs is 1. The third kappa shape index (κ3) is 4.56. The number of methoxy groups -OCH3 is 1. The molecule has 0 spiro atoms. The number of anilines is 3. The Morgan fingerprint density at radius 1 is 1.20 bits per heavy atom. The molecule has 0 unspecified atom stereocenters. The van der Waals surface area contributed by atoms with Crippen molar-refractivity contribution in [1.29, 1.82) is 0 Å². The van der Waals surface area contributed by atoms with Gasteiger partial charge < -0.3 is 20.3 Å². The highest BCUT2D eigenvalue weighted by Gasteiger charge is 2.35. The van der Waals surface area contributed by atoms with Gasteiger partial charge in [-0.1, -0.05) is 0 Å². The maximum atomic E-state index is 13.7. The van der Waals surface area contributed by atoms with Crippen molar-refractivity contribution in [3.05, 3.63) is 59.5 Å². The Balaban J connectivity index is 1.92. The van der Waals surface area contributed by atoms with E-state index in [0.717, 1.165) is 6.07 Å². The molecule has 30 heavy (non-hydrogen) atoms. The molecular formula is C21H21F4N3O2. The third-order valence-corrected chi connectivity index (χ3v) is 4.74. The smallest absolute Gasteiger partial charge is 0.383 e. The second-order valence-corrected chi connectivity index (χ2v) is 6.65. The Labute approximate surface area is 171 Å². The number of hydrogen-bond donors (Lipinski definition) is 2. The summed E-state index contributed by atoms with van der Waals surface area (Å²) < 4.78 is 59.6. The summed E-state index contributed by atoms with van der Waals surface area (Å²) in [6.45, 7) is 2.76. The van der Waals surface area contributed by atoms with Gasteiger partial charge >= 0.3 is 6.18 Å². The number of carbonyl (C=O) groups excluding carboxylic acids is 1. The molecule has 0 saturated carbocycles. The molecule has 2 aromatic rings. The first-order valence-corrected chi connectivity index (χ1v) is 9.27. The molecule has 0 aliphatic carbocycles. The van der Waals surface area contributed by atoms with Crippen molar-refractivity contribution < 1.29 is 27.1 Å². The quantitative estimate of drug-likeness (QED) is 0.500. The average molecular weight is 423 g/mol. The van der Waals surface area contributed by atoms with Crippen LogP contribution in [0.25, 0.3) is 5.57 Å². The Morgan fingerprint density at radius 2 is 1.97 bits per heavy atom. The largest absolute Gasteiger partial charge is 0.418 e. The number of amides is 1. The zero-order chi connectivity index (χ0) is 21.9. The minimum absolute atomic E-state index is 0.0475. The van der Waals surface area contributed by atoms with Crippen molar-refractivity contribution in [1.82, 2.24) is 0 Å². The van der Waals surface area contributed by atoms with Crippen LogP contribution in [0.3, 0.4) is 0 Å². The molecule has 0 fully saturated rings. The minimum Gasteiger partial charge on any atom is -0.383 e. The van der Waals surface area contributed by atoms with Crippen LogP contribution in [0.2, 0.25) is 0 Å². The van der Waals surface area contributed by atoms with Crippen LogP contribution in [-0.4, -0.2) is 32.7 Å². The highest BCUT2D eigenvalue weighted by molar-refractivity contribution is 6.31. The number of carbonyl (C=O) groups is 1. The van der Waals surface area contributed by atoms with Gasteiger partial charge in [0.25, 0.3) is 5.91 Å². The van der Waals surface area contributed by atoms with Gasteiger partial charge in [0.15, 0.2) is 0 Å². The highest BCUT2D eigenvalue weighted by Crippen LogP contribution is 2.39. The summed E-state index contributed by atoms with van der Waals surface area (Å²) >= 11 is 0. The molecule has 2 aromatic carbocycles. The second kappa shape index (κ2) is 8.74. The van der Waals surface area contributed by atoms with Crippen molar-refractivity contribution in [3.8, 4) is 0 Å². The summed E-state index contributed by atoms with van der Waals surface area (Å²) in [5.41, 5.74) is 0.322. The van der Waals surface area contributed by atoms with Crippen molar-refractivity contribution in [2.45, 2.75) is 13.1 Å². The summed E-state index contributed by atoms with van der Waals surface area (Å²) in [4.78, 5) is 13.7. The fraction of sp³-hybridized carbons (Fsp3) is 0.286. The fourth-order valence-electron chi connectivity index (χ4n) is 3.24. The second-order valence-electron chi connectivity index (χ2n) is 6.65. The van der Waals surface area contributed by atoms with E-state index >= 15 is 0 Å². The maximum absolute atomic E-state index is 13.7. The molecule has 1 heterocycles. The minimum atomic E-state index is -4.57. The number of alkyl halides is 3. The van der Waals surface area contributed by atoms with E-state index in [1.54, 1.807) is 11.8 Å². The van der Waals surface area contributed by atoms with Crippen LogP contribution in [0.15, 0.2) is 42.6 Å². The average Bonchev–Trinajstić information content (AvgIpc) is 3.01. The number of likely N-dealkylation sites (N-methyl/N-ethyl adjacent to an activating group) is 1. The molecule has 0 atom stereocenters. The van der Waals surface area contributed by atoms with E-state index in [1.807, 2.05) is 0 Å². The Bertz CT molecular complexity index is 973. The van der Waals surface area contributed by atoms with E-state index in [2.05, 4.69) is 10.6 Å². The summed E-state index contributed by atoms with van der Waals surface area (Å²) in [5, 5.41) is 5.31. The summed E-state index contributed by atoms with van der Waals surface area (Å²) in [6.07, 6.45) is -3.29. The molecule has 3 rings (SSSR count). The lowest BCUT2D eigenvalue weighted by Crippen LogP contribution is -2.29. The molecule has 0 aromatic heterocycles. The molecular weight excluding hydrogens is 402 g/mol. The van der Waals surface area contributed by atoms with Gasteiger partial charge in [-0.15, -0.1) is 0 Å². The predicted molar refractivity (Wildman–Crippen MR) is 108 cm³/mol. The van der Waals surface area contributed by atoms with Gasteiger partial charge in [-0.3, -0.25) is 4.79 Å². The van der Waals surface area contributed by atoms with Crippen molar-refractivity contribution >= 4 is 28.5 Å². The normalized spacial score (nSPS) is 14.6. The lowest BCUT2D eigenvalue weighted by atomic mass is 10.1. The van der Waals surface area contributed by atoms with Crippen LogP contribution < -0.4 is 15.5 Å². The fourth-order valence-corrected chi connectivity index (χ4v) is 3.24. The van der Waals surface area contributed by atoms with E-state index in [4.69, 9.17) is 4.74 Å². The van der Waals surface area contributed by atoms with Crippen LogP contribution in [0.1, 0.15) is 18.1 Å². The van der Waals surface area contributed by atoms with E-state index in [0.29, 0.717) is 30.9 Å². The van der Waals surface area contributed by atoms with E-state index < -0.39 is 23.5 Å². The SMILES string of the molecule is CCN(CCOC)c1ccc(N/C=C2/C(=O)Nc3ccc(F)cc32)cc1C(F)(F)F. The first-order valence-electron chi connectivity index (χ1n) is 9.27. The lowest BCUT2D eigenvalue weighted by molar-refractivity contribution is -0.137. The zero-order valence-corrected chi connectivity index (χ0v) is 16.4. The number of benzene rings is 2. The van der Waals surface area contributed by atoms with Crippen LogP contribution >= 0.6 is 0 Å². The summed E-state index contributed by atoms with van der Waals surface area (Å²) in [6, 6.07) is 7.70. The standard InChI is InChI=1S/C21H21F4N3O2/c1-3-28(8-9-30-2)19-7-5-14(11-17(19)21(23,24)25)26-12-16-15-10-13(22)4-6-18(15)27-20(16)29/h4-7,10-12,26H,3,8-9H2,1-2H3,(H,27,29)/b16-12+. The summed E-state index contributed by atoms with van der Waals surface area (Å²) in [5.74, 6) is -0.983. The monoisotopic (exact) mass is 423 g/mol. The van der Waals surface area contributed by atoms with Gasteiger partial charge in [0.1, 0.15) is 5.82 Å². The van der Waals surface area contributed by atoms with E-state index in [-0.39, 0.29) is 16.9 Å². The number of halogens is 4. The number of hydrogen-bond acceptors (Lipinski definition) is 4. The molecule has 0 radical (unpaired) electrons. The number of nitrogens with one attached hydrogen (secondary N) is 2. The van der Waals surface area contributed by atoms with E-state index in [9.17, 15) is 22.4 Å². The maximum Gasteiger partial charge on any atom is 0.418 e. The molecule has 0 saturated heterocycles. The molecule has 5 nitrogen and oxygen atoms in total. The Morgan fingerprint density at radius 3 is 2.63 bits per heavy atom. The van der Waals surface area contributed by atoms with Gasteiger partial charge in [-0.2, -0.15) is 13.2 Å². The molecule has 1 aliphatic heterocycles. The highest BCUT2D eigenvalue weighted by atomic mass is 19.4. The molecule has 1 amide bonds. The molecule has 2 N–H and O–H groups in total. The van der Waals surface area contributed by atoms with Gasteiger partial charge in [-0.25, -0.2) is 4.39 Å². The van der Waals surface area contributed by atoms with Crippen LogP contribution in [-0.2, 0) is 15.7 Å². The lowest BCUT2D eigenvalue weighted by Gasteiger charge is -2.26. The van der Waals surface area contributed by atoms with Crippen molar-refractivity contribution in [3.63, 3.8) is 0 Å². The summed E-state index contributed by atoms with van der Waals surface area (Å²) in [7, 11) is 1.49. The van der Waals surface area contributed by atoms with Gasteiger partial charge in [-0.05, 0) is 43.3 Å². The van der Waals surface area contributed by atoms with Crippen LogP contribution in [0, 0.1) is 5.82 Å². The molecule has 0 bridgehead atoms. The number of nitrogens with zero attached hydrogens (tertiary/aromatic N) is 1. The first kappa shape index (κ1) is 21.6. The van der Waals surface area contributed by atoms with Gasteiger partial charge in [0.05, 0.1) is 17.7 Å².